The minimum Gasteiger partial charge on any atom is -0.0622 e. The monoisotopic (exact) mass is 1010 g/mol. The van der Waals surface area contributed by atoms with Crippen LogP contribution in [0.15, 0.2) is 291 Å². The topological polar surface area (TPSA) is 0 Å². The van der Waals surface area contributed by atoms with Crippen molar-refractivity contribution < 1.29 is 0 Å². The van der Waals surface area contributed by atoms with Crippen molar-refractivity contribution in [2.75, 3.05) is 0 Å². The fourth-order valence-corrected chi connectivity index (χ4v) is 13.9. The Bertz CT molecular complexity index is 4310. The number of benzene rings is 15. The minimum atomic E-state index is 1.22. The van der Waals surface area contributed by atoms with Crippen LogP contribution in [0.3, 0.4) is 0 Å². The third-order valence-electron chi connectivity index (χ3n) is 17.6. The van der Waals surface area contributed by atoms with E-state index in [9.17, 15) is 0 Å². The van der Waals surface area contributed by atoms with E-state index in [1.807, 2.05) is 0 Å². The quantitative estimate of drug-likeness (QED) is 0.105. The first-order valence-corrected chi connectivity index (χ1v) is 27.9. The van der Waals surface area contributed by atoms with Gasteiger partial charge in [-0.1, -0.05) is 291 Å². The predicted octanol–water partition coefficient (Wildman–Crippen LogP) is 22.4. The summed E-state index contributed by atoms with van der Waals surface area (Å²) in [4.78, 5) is 0. The molecule has 0 saturated heterocycles. The summed E-state index contributed by atoms with van der Waals surface area (Å²) >= 11 is 0. The van der Waals surface area contributed by atoms with Gasteiger partial charge in [-0.05, 0) is 177 Å². The van der Waals surface area contributed by atoms with Gasteiger partial charge in [-0.3, -0.25) is 0 Å². The molecule has 15 aromatic carbocycles. The van der Waals surface area contributed by atoms with Crippen molar-refractivity contribution in [1.29, 1.82) is 0 Å². The van der Waals surface area contributed by atoms with Crippen LogP contribution in [0.4, 0.5) is 0 Å². The van der Waals surface area contributed by atoms with Crippen LogP contribution in [0, 0.1) is 0 Å². The molecule has 0 aliphatic heterocycles. The van der Waals surface area contributed by atoms with Crippen molar-refractivity contribution in [3.63, 3.8) is 0 Å². The normalized spacial score (nSPS) is 12.0. The maximum Gasteiger partial charge on any atom is -0.00134 e. The van der Waals surface area contributed by atoms with Crippen molar-refractivity contribution in [2.24, 2.45) is 0 Å². The second-order valence-electron chi connectivity index (χ2n) is 21.7. The van der Waals surface area contributed by atoms with Crippen LogP contribution >= 0.6 is 0 Å². The summed E-state index contributed by atoms with van der Waals surface area (Å²) in [7, 11) is 0. The Morgan fingerprint density at radius 3 is 0.500 bits per heavy atom. The molecule has 17 rings (SSSR count). The van der Waals surface area contributed by atoms with Gasteiger partial charge in [0.05, 0.1) is 0 Å². The molecule has 0 bridgehead atoms. The summed E-state index contributed by atoms with van der Waals surface area (Å²) in [6.07, 6.45) is 0. The Morgan fingerprint density at radius 2 is 0.287 bits per heavy atom. The predicted molar refractivity (Wildman–Crippen MR) is 340 cm³/mol. The zero-order chi connectivity index (χ0) is 52.4. The molecule has 0 spiro atoms. The minimum absolute atomic E-state index is 1.22. The van der Waals surface area contributed by atoms with Gasteiger partial charge in [-0.2, -0.15) is 0 Å². The average Bonchev–Trinajstić information content (AvgIpc) is 4.29. The standard InChI is InChI=1S/C80H48/c1-5-13-49(14-6-1)53-21-29-57(30-22-53)61-37-38-62(58-31-23-54(24-32-58)50-15-7-2-8-16-50)74-70-46-42-66-68-44-48-72-76-64(60-35-27-56(28-36-60)52-19-11-4-12-20-52)40-39-63(59-33-25-55(26-34-59)51-17-9-3-10-18-51)75(76)71-47-43-67(78(68)80(71)72)65-41-45-69(73(61)74)79(70)77(65)66/h1-48H. The third kappa shape index (κ3) is 6.70. The fraction of sp³-hybridized carbons (Fsp3) is 0. The van der Waals surface area contributed by atoms with E-state index in [4.69, 9.17) is 0 Å². The first kappa shape index (κ1) is 44.7. The van der Waals surface area contributed by atoms with E-state index in [0.717, 1.165) is 0 Å². The summed E-state index contributed by atoms with van der Waals surface area (Å²) in [5.41, 5.74) is 30.1. The lowest BCUT2D eigenvalue weighted by molar-refractivity contribution is 1.57. The SMILES string of the molecule is c1ccc(-c2ccc(-c3ccc(-c4ccc(-c5ccccc5)cc4)c4c3-c3ccc5c6ccc7c8c(ccc(c9ccc-4c3c59)c86)-c3c(-c4ccc(-c5ccccc5)cc4)ccc(-c4ccc(-c5ccccc5)cc4)c3-7)cc2)cc1. The highest BCUT2D eigenvalue weighted by Gasteiger charge is 2.33. The van der Waals surface area contributed by atoms with Gasteiger partial charge < -0.3 is 0 Å². The van der Waals surface area contributed by atoms with Crippen molar-refractivity contribution in [3.05, 3.63) is 291 Å². The van der Waals surface area contributed by atoms with Gasteiger partial charge in [0.1, 0.15) is 0 Å². The van der Waals surface area contributed by atoms with Gasteiger partial charge in [-0.15, -0.1) is 0 Å². The largest absolute Gasteiger partial charge is 0.0622 e. The Morgan fingerprint density at radius 1 is 0.113 bits per heavy atom. The lowest BCUT2D eigenvalue weighted by Gasteiger charge is -2.17. The Balaban J connectivity index is 0.871. The molecule has 0 N–H and O–H groups in total. The molecule has 0 unspecified atom stereocenters. The summed E-state index contributed by atoms with van der Waals surface area (Å²) in [6, 6.07) is 109. The van der Waals surface area contributed by atoms with Crippen LogP contribution in [-0.2, 0) is 0 Å². The average molecular weight is 1010 g/mol. The molecule has 0 nitrogen and oxygen atoms in total. The first-order valence-electron chi connectivity index (χ1n) is 27.9. The zero-order valence-electron chi connectivity index (χ0n) is 43.7. The van der Waals surface area contributed by atoms with Crippen LogP contribution in [0.25, 0.3) is 177 Å². The molecule has 80 heavy (non-hydrogen) atoms. The van der Waals surface area contributed by atoms with E-state index in [1.165, 1.54) is 177 Å². The Kier molecular flexibility index (Phi) is 9.81. The Labute approximate surface area is 465 Å². The smallest absolute Gasteiger partial charge is 0.00134 e. The number of hydrogen-bond acceptors (Lipinski definition) is 0. The van der Waals surface area contributed by atoms with E-state index in [1.54, 1.807) is 0 Å². The molecule has 2 aliphatic rings. The first-order chi connectivity index (χ1) is 39.7. The van der Waals surface area contributed by atoms with Crippen molar-refractivity contribution >= 4 is 43.1 Å². The summed E-state index contributed by atoms with van der Waals surface area (Å²) in [6.45, 7) is 0. The summed E-state index contributed by atoms with van der Waals surface area (Å²) < 4.78 is 0. The molecule has 0 saturated carbocycles. The van der Waals surface area contributed by atoms with Gasteiger partial charge >= 0.3 is 0 Å². The van der Waals surface area contributed by atoms with E-state index < -0.39 is 0 Å². The molecular formula is C80H48. The van der Waals surface area contributed by atoms with Crippen LogP contribution in [0.5, 0.6) is 0 Å². The number of rotatable bonds is 8. The van der Waals surface area contributed by atoms with Crippen LogP contribution in [0.1, 0.15) is 0 Å². The molecule has 0 atom stereocenters. The Hall–Kier alpha value is -10.4. The maximum atomic E-state index is 2.44. The second kappa shape index (κ2) is 17.6. The van der Waals surface area contributed by atoms with E-state index in [0.29, 0.717) is 0 Å². The lowest BCUT2D eigenvalue weighted by atomic mass is 9.86. The molecule has 368 valence electrons. The molecule has 0 aromatic heterocycles. The van der Waals surface area contributed by atoms with Gasteiger partial charge in [-0.25, -0.2) is 0 Å². The highest BCUT2D eigenvalue weighted by Crippen LogP contribution is 2.61. The van der Waals surface area contributed by atoms with Gasteiger partial charge in [0.2, 0.25) is 0 Å². The number of fused-ring (bicyclic) bond motifs is 8. The molecule has 2 aliphatic carbocycles. The van der Waals surface area contributed by atoms with Crippen LogP contribution < -0.4 is 0 Å². The fourth-order valence-electron chi connectivity index (χ4n) is 13.9. The molecular weight excluding hydrogens is 961 g/mol. The molecule has 0 heterocycles. The molecule has 0 radical (unpaired) electrons. The van der Waals surface area contributed by atoms with Crippen molar-refractivity contribution in [3.8, 4) is 134 Å². The number of hydrogen-bond donors (Lipinski definition) is 0. The van der Waals surface area contributed by atoms with Gasteiger partial charge in [0.25, 0.3) is 0 Å². The summed E-state index contributed by atoms with van der Waals surface area (Å²) in [5, 5.41) is 10.6. The second-order valence-corrected chi connectivity index (χ2v) is 21.7. The molecule has 0 fully saturated rings. The third-order valence-corrected chi connectivity index (χ3v) is 17.6. The highest BCUT2D eigenvalue weighted by molar-refractivity contribution is 6.41. The molecule has 0 amide bonds. The lowest BCUT2D eigenvalue weighted by Crippen LogP contribution is -1.90. The summed E-state index contributed by atoms with van der Waals surface area (Å²) in [5.74, 6) is 0. The zero-order valence-corrected chi connectivity index (χ0v) is 43.7. The van der Waals surface area contributed by atoms with Gasteiger partial charge in [0, 0.05) is 0 Å². The maximum absolute atomic E-state index is 2.44. The molecule has 0 heteroatoms. The van der Waals surface area contributed by atoms with Crippen molar-refractivity contribution in [2.45, 2.75) is 0 Å². The highest BCUT2D eigenvalue weighted by atomic mass is 14.4. The van der Waals surface area contributed by atoms with Crippen LogP contribution in [-0.4, -0.2) is 0 Å². The van der Waals surface area contributed by atoms with Crippen molar-refractivity contribution in [1.82, 2.24) is 0 Å². The molecule has 15 aromatic rings. The van der Waals surface area contributed by atoms with E-state index >= 15 is 0 Å². The van der Waals surface area contributed by atoms with Gasteiger partial charge in [0.15, 0.2) is 0 Å². The van der Waals surface area contributed by atoms with E-state index in [-0.39, 0.29) is 0 Å². The van der Waals surface area contributed by atoms with Crippen LogP contribution in [0.2, 0.25) is 0 Å². The van der Waals surface area contributed by atoms with E-state index in [2.05, 4.69) is 291 Å².